The number of methoxy groups -OCH3 is 2. The maximum absolute atomic E-state index is 11.4. The highest BCUT2D eigenvalue weighted by Crippen LogP contribution is 2.27. The quantitative estimate of drug-likeness (QED) is 0.483. The smallest absolute Gasteiger partial charge is 0.373 e. The summed E-state index contributed by atoms with van der Waals surface area (Å²) in [4.78, 5) is 16.1. The van der Waals surface area contributed by atoms with Gasteiger partial charge in [0.05, 0.1) is 30.5 Å². The number of rotatable bonds is 7. The fraction of sp³-hybridized carbons (Fsp3) is 0.294. The van der Waals surface area contributed by atoms with E-state index >= 15 is 0 Å². The Morgan fingerprint density at radius 3 is 2.88 bits per heavy atom. The van der Waals surface area contributed by atoms with Crippen LogP contribution in [0.25, 0.3) is 11.0 Å². The van der Waals surface area contributed by atoms with E-state index in [-0.39, 0.29) is 5.76 Å². The molecule has 0 aliphatic rings. The maximum Gasteiger partial charge on any atom is 0.373 e. The molecule has 3 rings (SSSR count). The SMILES string of the molecule is COCCn1c(SCc2ccc(C(=O)OC)o2)nc2ccccc21. The number of benzene rings is 1. The number of thioether (sulfide) groups is 1. The van der Waals surface area contributed by atoms with Gasteiger partial charge in [-0.15, -0.1) is 0 Å². The number of aromatic nitrogens is 2. The summed E-state index contributed by atoms with van der Waals surface area (Å²) in [5.74, 6) is 1.01. The van der Waals surface area contributed by atoms with Crippen molar-refractivity contribution in [2.75, 3.05) is 20.8 Å². The number of fused-ring (bicyclic) bond motifs is 1. The van der Waals surface area contributed by atoms with Gasteiger partial charge in [0.25, 0.3) is 0 Å². The van der Waals surface area contributed by atoms with E-state index in [1.807, 2.05) is 24.3 Å². The van der Waals surface area contributed by atoms with Crippen molar-refractivity contribution in [3.8, 4) is 0 Å². The van der Waals surface area contributed by atoms with E-state index in [0.717, 1.165) is 22.7 Å². The van der Waals surface area contributed by atoms with Gasteiger partial charge < -0.3 is 18.5 Å². The summed E-state index contributed by atoms with van der Waals surface area (Å²) in [5.41, 5.74) is 2.03. The zero-order chi connectivity index (χ0) is 16.9. The van der Waals surface area contributed by atoms with Crippen LogP contribution in [0.4, 0.5) is 0 Å². The molecule has 0 radical (unpaired) electrons. The Kier molecular flexibility index (Phi) is 5.22. The molecule has 0 saturated carbocycles. The number of imidazole rings is 1. The molecule has 6 nitrogen and oxygen atoms in total. The Bertz CT molecular complexity index is 840. The molecule has 0 bridgehead atoms. The average molecular weight is 346 g/mol. The second-order valence-electron chi connectivity index (χ2n) is 5.07. The number of para-hydroxylation sites is 2. The monoisotopic (exact) mass is 346 g/mol. The van der Waals surface area contributed by atoms with Crippen molar-refractivity contribution in [1.29, 1.82) is 0 Å². The summed E-state index contributed by atoms with van der Waals surface area (Å²) < 4.78 is 17.5. The lowest BCUT2D eigenvalue weighted by Crippen LogP contribution is -2.05. The second kappa shape index (κ2) is 7.55. The molecule has 0 aliphatic carbocycles. The van der Waals surface area contributed by atoms with Crippen LogP contribution >= 0.6 is 11.8 Å². The lowest BCUT2D eigenvalue weighted by atomic mass is 10.3. The van der Waals surface area contributed by atoms with Crippen molar-refractivity contribution < 1.29 is 18.7 Å². The van der Waals surface area contributed by atoms with E-state index in [1.165, 1.54) is 7.11 Å². The van der Waals surface area contributed by atoms with Crippen molar-refractivity contribution in [3.63, 3.8) is 0 Å². The molecule has 2 heterocycles. The molecule has 0 atom stereocenters. The zero-order valence-corrected chi connectivity index (χ0v) is 14.3. The van der Waals surface area contributed by atoms with E-state index in [2.05, 4.69) is 14.3 Å². The van der Waals surface area contributed by atoms with Gasteiger partial charge in [-0.05, 0) is 24.3 Å². The number of furan rings is 1. The molecule has 0 amide bonds. The van der Waals surface area contributed by atoms with Crippen LogP contribution in [-0.4, -0.2) is 36.3 Å². The van der Waals surface area contributed by atoms with Gasteiger partial charge in [0, 0.05) is 13.7 Å². The molecule has 0 fully saturated rings. The maximum atomic E-state index is 11.4. The highest BCUT2D eigenvalue weighted by molar-refractivity contribution is 7.98. The molecule has 0 saturated heterocycles. The van der Waals surface area contributed by atoms with Gasteiger partial charge in [-0.3, -0.25) is 0 Å². The minimum Gasteiger partial charge on any atom is -0.463 e. The topological polar surface area (TPSA) is 66.5 Å². The predicted molar refractivity (Wildman–Crippen MR) is 91.2 cm³/mol. The van der Waals surface area contributed by atoms with E-state index in [0.29, 0.717) is 18.1 Å². The summed E-state index contributed by atoms with van der Waals surface area (Å²) in [5, 5.41) is 0.893. The molecule has 24 heavy (non-hydrogen) atoms. The van der Waals surface area contributed by atoms with Crippen LogP contribution < -0.4 is 0 Å². The van der Waals surface area contributed by atoms with Crippen molar-refractivity contribution in [2.24, 2.45) is 0 Å². The zero-order valence-electron chi connectivity index (χ0n) is 13.5. The van der Waals surface area contributed by atoms with E-state index in [4.69, 9.17) is 9.15 Å². The molecule has 0 unspecified atom stereocenters. The number of carbonyl (C=O) groups excluding carboxylic acids is 1. The number of carbonyl (C=O) groups is 1. The molecule has 0 spiro atoms. The van der Waals surface area contributed by atoms with Crippen LogP contribution in [0, 0.1) is 0 Å². The van der Waals surface area contributed by atoms with Crippen molar-refractivity contribution in [3.05, 3.63) is 47.9 Å². The standard InChI is InChI=1S/C17H18N2O4S/c1-21-10-9-19-14-6-4-3-5-13(14)18-17(19)24-11-12-7-8-15(23-12)16(20)22-2/h3-8H,9-11H2,1-2H3. The predicted octanol–water partition coefficient (Wildman–Crippen LogP) is 3.35. The fourth-order valence-corrected chi connectivity index (χ4v) is 3.30. The Hall–Kier alpha value is -2.25. The first-order valence-electron chi connectivity index (χ1n) is 7.47. The molecule has 2 aromatic heterocycles. The molecule has 126 valence electrons. The Morgan fingerprint density at radius 2 is 2.08 bits per heavy atom. The molecular formula is C17H18N2O4S. The largest absolute Gasteiger partial charge is 0.463 e. The van der Waals surface area contributed by atoms with Crippen LogP contribution in [0.5, 0.6) is 0 Å². The van der Waals surface area contributed by atoms with Gasteiger partial charge in [0.15, 0.2) is 5.16 Å². The normalized spacial score (nSPS) is 11.1. The molecule has 0 aliphatic heterocycles. The minimum absolute atomic E-state index is 0.209. The third-order valence-electron chi connectivity index (χ3n) is 3.53. The summed E-state index contributed by atoms with van der Waals surface area (Å²) >= 11 is 1.56. The highest BCUT2D eigenvalue weighted by atomic mass is 32.2. The Morgan fingerprint density at radius 1 is 1.25 bits per heavy atom. The van der Waals surface area contributed by atoms with Crippen LogP contribution in [-0.2, 0) is 21.8 Å². The molecule has 3 aromatic rings. The third kappa shape index (κ3) is 3.47. The minimum atomic E-state index is -0.474. The van der Waals surface area contributed by atoms with Gasteiger partial charge >= 0.3 is 5.97 Å². The number of hydrogen-bond acceptors (Lipinski definition) is 6. The molecular weight excluding hydrogens is 328 g/mol. The van der Waals surface area contributed by atoms with E-state index in [1.54, 1.807) is 31.0 Å². The number of esters is 1. The Labute approximate surface area is 143 Å². The lowest BCUT2D eigenvalue weighted by molar-refractivity contribution is 0.0563. The lowest BCUT2D eigenvalue weighted by Gasteiger charge is -2.07. The summed E-state index contributed by atoms with van der Waals surface area (Å²) in [6, 6.07) is 11.4. The van der Waals surface area contributed by atoms with Gasteiger partial charge in [-0.2, -0.15) is 0 Å². The second-order valence-corrected chi connectivity index (χ2v) is 6.02. The number of ether oxygens (including phenoxy) is 2. The van der Waals surface area contributed by atoms with Gasteiger partial charge in [0.1, 0.15) is 5.76 Å². The van der Waals surface area contributed by atoms with Gasteiger partial charge in [0.2, 0.25) is 5.76 Å². The third-order valence-corrected chi connectivity index (χ3v) is 4.53. The molecule has 1 aromatic carbocycles. The molecule has 7 heteroatoms. The summed E-state index contributed by atoms with van der Waals surface area (Å²) in [7, 11) is 3.01. The highest BCUT2D eigenvalue weighted by Gasteiger charge is 2.14. The van der Waals surface area contributed by atoms with Crippen LogP contribution in [0.15, 0.2) is 46.0 Å². The number of nitrogens with zero attached hydrogens (tertiary/aromatic N) is 2. The fourth-order valence-electron chi connectivity index (χ4n) is 2.36. The Balaban J connectivity index is 1.79. The van der Waals surface area contributed by atoms with E-state index < -0.39 is 5.97 Å². The van der Waals surface area contributed by atoms with Crippen molar-refractivity contribution in [2.45, 2.75) is 17.5 Å². The van der Waals surface area contributed by atoms with Crippen LogP contribution in [0.2, 0.25) is 0 Å². The summed E-state index contributed by atoms with van der Waals surface area (Å²) in [6.45, 7) is 1.34. The van der Waals surface area contributed by atoms with Crippen LogP contribution in [0.1, 0.15) is 16.3 Å². The van der Waals surface area contributed by atoms with E-state index in [9.17, 15) is 4.79 Å². The van der Waals surface area contributed by atoms with Gasteiger partial charge in [-0.1, -0.05) is 23.9 Å². The first-order chi connectivity index (χ1) is 11.7. The average Bonchev–Trinajstić information content (AvgIpc) is 3.22. The van der Waals surface area contributed by atoms with Crippen molar-refractivity contribution >= 4 is 28.8 Å². The van der Waals surface area contributed by atoms with Gasteiger partial charge in [-0.25, -0.2) is 9.78 Å². The molecule has 0 N–H and O–H groups in total. The first-order valence-corrected chi connectivity index (χ1v) is 8.45. The van der Waals surface area contributed by atoms with Crippen molar-refractivity contribution in [1.82, 2.24) is 9.55 Å². The van der Waals surface area contributed by atoms with Crippen LogP contribution in [0.3, 0.4) is 0 Å². The first kappa shape index (κ1) is 16.6. The number of hydrogen-bond donors (Lipinski definition) is 0. The summed E-state index contributed by atoms with van der Waals surface area (Å²) in [6.07, 6.45) is 0.